The first-order valence-electron chi connectivity index (χ1n) is 8.33. The summed E-state index contributed by atoms with van der Waals surface area (Å²) in [5.74, 6) is 0.588. The Morgan fingerprint density at radius 2 is 2.31 bits per heavy atom. The minimum Gasteiger partial charge on any atom is -0.365 e. The van der Waals surface area contributed by atoms with Crippen molar-refractivity contribution in [3.05, 3.63) is 24.3 Å². The highest BCUT2D eigenvalue weighted by Gasteiger charge is 2.20. The van der Waals surface area contributed by atoms with E-state index in [4.69, 9.17) is 14.5 Å². The van der Waals surface area contributed by atoms with Crippen molar-refractivity contribution in [1.82, 2.24) is 19.5 Å². The van der Waals surface area contributed by atoms with E-state index in [2.05, 4.69) is 24.8 Å². The van der Waals surface area contributed by atoms with Crippen LogP contribution in [0.2, 0.25) is 0 Å². The first-order chi connectivity index (χ1) is 12.4. The number of anilines is 1. The van der Waals surface area contributed by atoms with Crippen molar-refractivity contribution in [3.63, 3.8) is 0 Å². The zero-order valence-electron chi connectivity index (χ0n) is 14.4. The van der Waals surface area contributed by atoms with Crippen molar-refractivity contribution in [3.8, 4) is 0 Å². The molecule has 10 nitrogen and oxygen atoms in total. The van der Waals surface area contributed by atoms with Crippen LogP contribution in [0.25, 0.3) is 11.2 Å². The summed E-state index contributed by atoms with van der Waals surface area (Å²) in [6.45, 7) is 2.73. The Bertz CT molecular complexity index is 827. The molecule has 1 fully saturated rings. The molecule has 0 saturated carbocycles. The van der Waals surface area contributed by atoms with Gasteiger partial charge in [0.1, 0.15) is 12.6 Å². The lowest BCUT2D eigenvalue weighted by atomic mass is 10.2. The lowest BCUT2D eigenvalue weighted by Crippen LogP contribution is -2.17. The Morgan fingerprint density at radius 3 is 3.04 bits per heavy atom. The van der Waals surface area contributed by atoms with Crippen molar-refractivity contribution < 1.29 is 23.6 Å². The van der Waals surface area contributed by atoms with Crippen LogP contribution in [0.3, 0.4) is 0 Å². The fraction of sp³-hybridized carbons (Fsp3) is 0.533. The number of aromatic nitrogens is 4. The third kappa shape index (κ3) is 4.87. The third-order valence-electron chi connectivity index (χ3n) is 4.01. The van der Waals surface area contributed by atoms with E-state index >= 15 is 0 Å². The van der Waals surface area contributed by atoms with Crippen LogP contribution in [-0.4, -0.2) is 49.1 Å². The van der Waals surface area contributed by atoms with Crippen molar-refractivity contribution in [2.75, 3.05) is 25.1 Å². The predicted molar refractivity (Wildman–Crippen MR) is 94.4 cm³/mol. The monoisotopic (exact) mass is 383 g/mol. The number of imidazole rings is 1. The molecule has 142 valence electrons. The summed E-state index contributed by atoms with van der Waals surface area (Å²) < 4.78 is 22.9. The second kappa shape index (κ2) is 8.24. The van der Waals surface area contributed by atoms with Gasteiger partial charge in [-0.3, -0.25) is 9.09 Å². The first kappa shape index (κ1) is 18.9. The zero-order valence-corrected chi connectivity index (χ0v) is 15.3. The van der Waals surface area contributed by atoms with Crippen LogP contribution in [0.4, 0.5) is 5.82 Å². The second-order valence-corrected chi connectivity index (χ2v) is 7.30. The number of nitrogens with one attached hydrogen (secondary N) is 1. The Kier molecular flexibility index (Phi) is 6.00. The average Bonchev–Trinajstić information content (AvgIpc) is 3.05. The molecule has 1 atom stereocenters. The Labute approximate surface area is 150 Å². The van der Waals surface area contributed by atoms with E-state index in [-0.39, 0.29) is 12.8 Å². The van der Waals surface area contributed by atoms with Gasteiger partial charge in [-0.25, -0.2) is 19.5 Å². The molecule has 0 spiro atoms. The normalized spacial score (nSPS) is 19.0. The predicted octanol–water partition coefficient (Wildman–Crippen LogP) is 1.99. The molecular weight excluding hydrogens is 361 g/mol. The van der Waals surface area contributed by atoms with Gasteiger partial charge in [0.2, 0.25) is 0 Å². The SMILES string of the molecule is C/C(=C\CNc1ncnc2c1ncn2[C@@H]1CCCCO1)COP(=O)(O)O. The molecule has 0 aliphatic carbocycles. The summed E-state index contributed by atoms with van der Waals surface area (Å²) in [5, 5.41) is 3.14. The maximum atomic E-state index is 10.7. The fourth-order valence-electron chi connectivity index (χ4n) is 2.70. The maximum Gasteiger partial charge on any atom is 0.469 e. The first-order valence-corrected chi connectivity index (χ1v) is 9.86. The largest absolute Gasteiger partial charge is 0.469 e. The summed E-state index contributed by atoms with van der Waals surface area (Å²) >= 11 is 0. The van der Waals surface area contributed by atoms with Crippen molar-refractivity contribution in [2.24, 2.45) is 0 Å². The van der Waals surface area contributed by atoms with E-state index in [0.29, 0.717) is 29.1 Å². The number of phosphoric acid groups is 1. The van der Waals surface area contributed by atoms with Crippen molar-refractivity contribution >= 4 is 24.8 Å². The number of fused-ring (bicyclic) bond motifs is 1. The van der Waals surface area contributed by atoms with Crippen LogP contribution in [0.15, 0.2) is 24.3 Å². The molecule has 0 radical (unpaired) electrons. The number of hydrogen-bond donors (Lipinski definition) is 3. The topological polar surface area (TPSA) is 132 Å². The van der Waals surface area contributed by atoms with E-state index in [0.717, 1.165) is 25.9 Å². The van der Waals surface area contributed by atoms with E-state index < -0.39 is 7.82 Å². The standard InChI is InChI=1S/C15H22N5O5P/c1-11(8-25-26(21,22)23)5-6-16-14-13-15(18-9-17-14)20(10-19-13)12-4-2-3-7-24-12/h5,9-10,12H,2-4,6-8H2,1H3,(H,16,17,18)(H2,21,22,23)/b11-5+/t12-/m0/s1. The van der Waals surface area contributed by atoms with Gasteiger partial charge in [-0.1, -0.05) is 6.08 Å². The molecule has 3 rings (SSSR count). The highest BCUT2D eigenvalue weighted by atomic mass is 31.2. The number of rotatable bonds is 7. The molecule has 1 aliphatic rings. The van der Waals surface area contributed by atoms with Gasteiger partial charge in [0.15, 0.2) is 17.0 Å². The second-order valence-electron chi connectivity index (χ2n) is 6.06. The summed E-state index contributed by atoms with van der Waals surface area (Å²) in [6.07, 6.45) is 8.02. The highest BCUT2D eigenvalue weighted by Crippen LogP contribution is 2.36. The molecule has 3 heterocycles. The quantitative estimate of drug-likeness (QED) is 0.485. The van der Waals surface area contributed by atoms with Gasteiger partial charge in [0, 0.05) is 13.2 Å². The summed E-state index contributed by atoms with van der Waals surface area (Å²) in [4.78, 5) is 30.4. The number of phosphoric ester groups is 1. The molecule has 26 heavy (non-hydrogen) atoms. The van der Waals surface area contributed by atoms with Gasteiger partial charge in [0.25, 0.3) is 0 Å². The summed E-state index contributed by atoms with van der Waals surface area (Å²) in [7, 11) is -4.46. The average molecular weight is 383 g/mol. The lowest BCUT2D eigenvalue weighted by Gasteiger charge is -2.23. The van der Waals surface area contributed by atoms with Gasteiger partial charge in [0.05, 0.1) is 12.9 Å². The van der Waals surface area contributed by atoms with Crippen LogP contribution in [0.5, 0.6) is 0 Å². The summed E-state index contributed by atoms with van der Waals surface area (Å²) in [5.41, 5.74) is 2.05. The molecule has 3 N–H and O–H groups in total. The van der Waals surface area contributed by atoms with E-state index in [9.17, 15) is 4.57 Å². The molecule has 11 heteroatoms. The van der Waals surface area contributed by atoms with Gasteiger partial charge >= 0.3 is 7.82 Å². The maximum absolute atomic E-state index is 10.7. The van der Waals surface area contributed by atoms with Gasteiger partial charge in [-0.2, -0.15) is 0 Å². The number of ether oxygens (including phenoxy) is 1. The van der Waals surface area contributed by atoms with Gasteiger partial charge < -0.3 is 19.8 Å². The van der Waals surface area contributed by atoms with Crippen molar-refractivity contribution in [2.45, 2.75) is 32.4 Å². The van der Waals surface area contributed by atoms with Crippen LogP contribution >= 0.6 is 7.82 Å². The fourth-order valence-corrected chi connectivity index (χ4v) is 3.07. The van der Waals surface area contributed by atoms with Crippen LogP contribution < -0.4 is 5.32 Å². The molecule has 1 aliphatic heterocycles. The van der Waals surface area contributed by atoms with Crippen LogP contribution in [0.1, 0.15) is 32.4 Å². The van der Waals surface area contributed by atoms with E-state index in [1.165, 1.54) is 6.33 Å². The minimum absolute atomic E-state index is 0.0524. The molecule has 0 unspecified atom stereocenters. The molecule has 0 aromatic carbocycles. The Morgan fingerprint density at radius 1 is 1.46 bits per heavy atom. The molecular formula is C15H22N5O5P. The van der Waals surface area contributed by atoms with Gasteiger partial charge in [-0.05, 0) is 31.8 Å². The molecule has 2 aromatic heterocycles. The Hall–Kier alpha value is -1.84. The van der Waals surface area contributed by atoms with Crippen LogP contribution in [-0.2, 0) is 13.8 Å². The third-order valence-corrected chi connectivity index (χ3v) is 4.47. The van der Waals surface area contributed by atoms with Crippen LogP contribution in [0, 0.1) is 0 Å². The lowest BCUT2D eigenvalue weighted by molar-refractivity contribution is -0.0298. The molecule has 2 aromatic rings. The number of nitrogens with zero attached hydrogens (tertiary/aromatic N) is 4. The minimum atomic E-state index is -4.46. The van der Waals surface area contributed by atoms with E-state index in [1.807, 2.05) is 4.57 Å². The molecule has 0 amide bonds. The van der Waals surface area contributed by atoms with Gasteiger partial charge in [-0.15, -0.1) is 0 Å². The molecule has 1 saturated heterocycles. The highest BCUT2D eigenvalue weighted by molar-refractivity contribution is 7.46. The van der Waals surface area contributed by atoms with Crippen molar-refractivity contribution in [1.29, 1.82) is 0 Å². The smallest absolute Gasteiger partial charge is 0.365 e. The molecule has 0 bridgehead atoms. The Balaban J connectivity index is 1.67. The summed E-state index contributed by atoms with van der Waals surface area (Å²) in [6, 6.07) is 0. The number of hydrogen-bond acceptors (Lipinski definition) is 7. The zero-order chi connectivity index (χ0) is 18.6. The van der Waals surface area contributed by atoms with E-state index in [1.54, 1.807) is 19.3 Å².